The number of benzene rings is 1. The van der Waals surface area contributed by atoms with Crippen molar-refractivity contribution in [1.82, 2.24) is 4.98 Å². The van der Waals surface area contributed by atoms with Crippen LogP contribution in [-0.2, 0) is 0 Å². The van der Waals surface area contributed by atoms with Crippen LogP contribution in [0.1, 0.15) is 5.56 Å². The van der Waals surface area contributed by atoms with Crippen molar-refractivity contribution >= 4 is 16.7 Å². The van der Waals surface area contributed by atoms with Gasteiger partial charge in [-0.1, -0.05) is 0 Å². The highest BCUT2D eigenvalue weighted by molar-refractivity contribution is 5.85. The van der Waals surface area contributed by atoms with Crippen LogP contribution in [0, 0.1) is 6.92 Å². The third-order valence-electron chi connectivity index (χ3n) is 2.71. The Hall–Kier alpha value is -1.97. The SMILES string of the molecule is Cc1cc2cc3c(cc2nc1N)OCCO3. The number of fused-ring (bicyclic) bond motifs is 2. The van der Waals surface area contributed by atoms with Gasteiger partial charge in [0.1, 0.15) is 19.0 Å². The van der Waals surface area contributed by atoms with Crippen molar-refractivity contribution in [2.75, 3.05) is 18.9 Å². The number of hydrogen-bond donors (Lipinski definition) is 1. The Morgan fingerprint density at radius 2 is 1.81 bits per heavy atom. The summed E-state index contributed by atoms with van der Waals surface area (Å²) in [6.45, 7) is 3.12. The second-order valence-corrected chi connectivity index (χ2v) is 3.88. The van der Waals surface area contributed by atoms with Gasteiger partial charge in [-0.15, -0.1) is 0 Å². The number of aromatic nitrogens is 1. The van der Waals surface area contributed by atoms with E-state index < -0.39 is 0 Å². The van der Waals surface area contributed by atoms with Crippen molar-refractivity contribution < 1.29 is 9.47 Å². The zero-order valence-electron chi connectivity index (χ0n) is 8.99. The summed E-state index contributed by atoms with van der Waals surface area (Å²) in [5.74, 6) is 2.09. The maximum Gasteiger partial charge on any atom is 0.163 e. The average molecular weight is 216 g/mol. The number of ether oxygens (including phenoxy) is 2. The summed E-state index contributed by atoms with van der Waals surface area (Å²) in [5, 5.41) is 1.02. The summed E-state index contributed by atoms with van der Waals surface area (Å²) in [6.07, 6.45) is 0. The van der Waals surface area contributed by atoms with E-state index in [-0.39, 0.29) is 0 Å². The molecule has 16 heavy (non-hydrogen) atoms. The molecule has 1 aliphatic heterocycles. The van der Waals surface area contributed by atoms with Crippen LogP contribution in [0.2, 0.25) is 0 Å². The number of aryl methyl sites for hydroxylation is 1. The van der Waals surface area contributed by atoms with Crippen molar-refractivity contribution in [3.63, 3.8) is 0 Å². The highest BCUT2D eigenvalue weighted by atomic mass is 16.6. The highest BCUT2D eigenvalue weighted by Crippen LogP contribution is 2.34. The van der Waals surface area contributed by atoms with Crippen LogP contribution in [0.4, 0.5) is 5.82 Å². The fourth-order valence-electron chi connectivity index (χ4n) is 1.83. The molecule has 3 rings (SSSR count). The Labute approximate surface area is 93.0 Å². The van der Waals surface area contributed by atoms with Gasteiger partial charge in [-0.2, -0.15) is 0 Å². The molecular formula is C12H12N2O2. The number of hydrogen-bond acceptors (Lipinski definition) is 4. The predicted molar refractivity (Wildman–Crippen MR) is 61.9 cm³/mol. The number of pyridine rings is 1. The van der Waals surface area contributed by atoms with Crippen LogP contribution in [0.5, 0.6) is 11.5 Å². The van der Waals surface area contributed by atoms with E-state index in [9.17, 15) is 0 Å². The molecule has 2 aromatic rings. The first-order valence-corrected chi connectivity index (χ1v) is 5.20. The highest BCUT2D eigenvalue weighted by Gasteiger charge is 2.13. The minimum absolute atomic E-state index is 0.559. The molecule has 0 amide bonds. The maximum absolute atomic E-state index is 5.78. The van der Waals surface area contributed by atoms with Gasteiger partial charge in [0, 0.05) is 11.5 Å². The molecule has 2 N–H and O–H groups in total. The summed E-state index contributed by atoms with van der Waals surface area (Å²) in [7, 11) is 0. The third-order valence-corrected chi connectivity index (χ3v) is 2.71. The van der Waals surface area contributed by atoms with Crippen LogP contribution in [0.25, 0.3) is 10.9 Å². The molecule has 0 spiro atoms. The minimum atomic E-state index is 0.559. The first-order chi connectivity index (χ1) is 7.74. The average Bonchev–Trinajstić information content (AvgIpc) is 2.28. The van der Waals surface area contributed by atoms with Crippen LogP contribution < -0.4 is 15.2 Å². The standard InChI is InChI=1S/C12H12N2O2/c1-7-4-8-5-10-11(16-3-2-15-10)6-9(8)14-12(7)13/h4-6H,2-3H2,1H3,(H2,13,14). The summed E-state index contributed by atoms with van der Waals surface area (Å²) in [4.78, 5) is 4.33. The lowest BCUT2D eigenvalue weighted by molar-refractivity contribution is 0.172. The first kappa shape index (κ1) is 9.27. The molecule has 4 nitrogen and oxygen atoms in total. The number of anilines is 1. The van der Waals surface area contributed by atoms with E-state index in [4.69, 9.17) is 15.2 Å². The summed E-state index contributed by atoms with van der Waals surface area (Å²) in [5.41, 5.74) is 7.60. The summed E-state index contributed by atoms with van der Waals surface area (Å²) >= 11 is 0. The molecule has 4 heteroatoms. The quantitative estimate of drug-likeness (QED) is 0.730. The van der Waals surface area contributed by atoms with Gasteiger partial charge in [0.05, 0.1) is 5.52 Å². The Kier molecular flexibility index (Phi) is 1.89. The van der Waals surface area contributed by atoms with Gasteiger partial charge in [0.2, 0.25) is 0 Å². The summed E-state index contributed by atoms with van der Waals surface area (Å²) < 4.78 is 11.0. The first-order valence-electron chi connectivity index (χ1n) is 5.20. The Morgan fingerprint density at radius 1 is 1.12 bits per heavy atom. The molecule has 1 aliphatic rings. The van der Waals surface area contributed by atoms with Crippen LogP contribution in [0.3, 0.4) is 0 Å². The Balaban J connectivity index is 2.27. The van der Waals surface area contributed by atoms with Crippen molar-refractivity contribution in [2.24, 2.45) is 0 Å². The molecule has 0 atom stereocenters. The molecule has 0 radical (unpaired) electrons. The molecule has 0 saturated carbocycles. The molecule has 1 aromatic heterocycles. The van der Waals surface area contributed by atoms with E-state index in [0.717, 1.165) is 28.0 Å². The second kappa shape index (κ2) is 3.27. The van der Waals surface area contributed by atoms with Gasteiger partial charge in [0.25, 0.3) is 0 Å². The topological polar surface area (TPSA) is 57.4 Å². The minimum Gasteiger partial charge on any atom is -0.486 e. The van der Waals surface area contributed by atoms with E-state index in [1.807, 2.05) is 25.1 Å². The van der Waals surface area contributed by atoms with Gasteiger partial charge in [-0.05, 0) is 24.6 Å². The molecular weight excluding hydrogens is 204 g/mol. The molecule has 0 unspecified atom stereocenters. The van der Waals surface area contributed by atoms with Gasteiger partial charge in [-0.3, -0.25) is 0 Å². The monoisotopic (exact) mass is 216 g/mol. The Morgan fingerprint density at radius 3 is 2.56 bits per heavy atom. The third kappa shape index (κ3) is 1.34. The van der Waals surface area contributed by atoms with E-state index in [2.05, 4.69) is 4.98 Å². The zero-order chi connectivity index (χ0) is 11.1. The van der Waals surface area contributed by atoms with Crippen LogP contribution in [-0.4, -0.2) is 18.2 Å². The van der Waals surface area contributed by atoms with Crippen LogP contribution >= 0.6 is 0 Å². The van der Waals surface area contributed by atoms with Crippen molar-refractivity contribution in [1.29, 1.82) is 0 Å². The molecule has 1 aromatic carbocycles. The van der Waals surface area contributed by atoms with Gasteiger partial charge >= 0.3 is 0 Å². The fraction of sp³-hybridized carbons (Fsp3) is 0.250. The van der Waals surface area contributed by atoms with Crippen molar-refractivity contribution in [3.8, 4) is 11.5 Å². The van der Waals surface area contributed by atoms with E-state index in [0.29, 0.717) is 19.0 Å². The molecule has 2 heterocycles. The number of nitrogen functional groups attached to an aromatic ring is 1. The zero-order valence-corrected chi connectivity index (χ0v) is 8.99. The molecule has 0 saturated heterocycles. The van der Waals surface area contributed by atoms with E-state index >= 15 is 0 Å². The largest absolute Gasteiger partial charge is 0.486 e. The molecule has 0 aliphatic carbocycles. The van der Waals surface area contributed by atoms with Gasteiger partial charge in [0.15, 0.2) is 11.5 Å². The van der Waals surface area contributed by atoms with Crippen molar-refractivity contribution in [3.05, 3.63) is 23.8 Å². The number of nitrogens with zero attached hydrogens (tertiary/aromatic N) is 1. The van der Waals surface area contributed by atoms with Crippen molar-refractivity contribution in [2.45, 2.75) is 6.92 Å². The van der Waals surface area contributed by atoms with Gasteiger partial charge < -0.3 is 15.2 Å². The Bertz CT molecular complexity index is 516. The molecule has 82 valence electrons. The lowest BCUT2D eigenvalue weighted by Gasteiger charge is -2.18. The predicted octanol–water partition coefficient (Wildman–Crippen LogP) is 1.90. The molecule has 0 bridgehead atoms. The normalized spacial score (nSPS) is 14.1. The molecule has 0 fully saturated rings. The number of nitrogens with two attached hydrogens (primary N) is 1. The maximum atomic E-state index is 5.78. The fourth-order valence-corrected chi connectivity index (χ4v) is 1.83. The van der Waals surface area contributed by atoms with Crippen LogP contribution in [0.15, 0.2) is 18.2 Å². The smallest absolute Gasteiger partial charge is 0.163 e. The lowest BCUT2D eigenvalue weighted by Crippen LogP contribution is -2.15. The lowest BCUT2D eigenvalue weighted by atomic mass is 10.1. The van der Waals surface area contributed by atoms with E-state index in [1.165, 1.54) is 0 Å². The van der Waals surface area contributed by atoms with Gasteiger partial charge in [-0.25, -0.2) is 4.98 Å². The number of rotatable bonds is 0. The summed E-state index contributed by atoms with van der Waals surface area (Å²) in [6, 6.07) is 5.83. The van der Waals surface area contributed by atoms with E-state index in [1.54, 1.807) is 0 Å². The second-order valence-electron chi connectivity index (χ2n) is 3.88.